The largest absolute Gasteiger partial charge is 0.481 e. The molecule has 0 heterocycles. The Labute approximate surface area is 164 Å². The monoisotopic (exact) mass is 391 g/mol. The molecule has 0 aliphatic carbocycles. The summed E-state index contributed by atoms with van der Waals surface area (Å²) in [5.74, 6) is -1.54. The first-order chi connectivity index (χ1) is 13.4. The summed E-state index contributed by atoms with van der Waals surface area (Å²) >= 11 is 0. The number of hydrogen-bond donors (Lipinski definition) is 5. The van der Waals surface area contributed by atoms with Gasteiger partial charge in [-0.15, -0.1) is 0 Å². The summed E-state index contributed by atoms with van der Waals surface area (Å²) in [4.78, 5) is 39.0. The number of aliphatic carboxylic acids is 1. The van der Waals surface area contributed by atoms with Crippen molar-refractivity contribution >= 4 is 23.7 Å². The summed E-state index contributed by atoms with van der Waals surface area (Å²) < 4.78 is 0. The second-order valence-corrected chi connectivity index (χ2v) is 6.36. The molecular formula is C19H29N5O4. The van der Waals surface area contributed by atoms with Crippen molar-refractivity contribution in [1.82, 2.24) is 10.6 Å². The number of carboxylic acid groups (broad SMARTS) is 1. The second-order valence-electron chi connectivity index (χ2n) is 6.36. The van der Waals surface area contributed by atoms with Gasteiger partial charge in [-0.3, -0.25) is 19.4 Å². The summed E-state index contributed by atoms with van der Waals surface area (Å²) in [6, 6.07) is 8.64. The Hall–Kier alpha value is -3.10. The van der Waals surface area contributed by atoms with Crippen LogP contribution >= 0.6 is 0 Å². The van der Waals surface area contributed by atoms with Gasteiger partial charge in [0.25, 0.3) is 0 Å². The topological polar surface area (TPSA) is 160 Å². The Kier molecular flexibility index (Phi) is 10.8. The third-order valence-corrected chi connectivity index (χ3v) is 3.91. The maximum Gasteiger partial charge on any atom is 0.303 e. The van der Waals surface area contributed by atoms with Crippen LogP contribution < -0.4 is 22.1 Å². The first kappa shape index (κ1) is 22.9. The summed E-state index contributed by atoms with van der Waals surface area (Å²) in [6.07, 6.45) is 1.98. The smallest absolute Gasteiger partial charge is 0.303 e. The Morgan fingerprint density at radius 3 is 2.39 bits per heavy atom. The summed E-state index contributed by atoms with van der Waals surface area (Å²) in [7, 11) is 0. The molecule has 0 aliphatic heterocycles. The van der Waals surface area contributed by atoms with E-state index < -0.39 is 12.0 Å². The lowest BCUT2D eigenvalue weighted by atomic mass is 10.0. The van der Waals surface area contributed by atoms with Crippen LogP contribution in [0, 0.1) is 0 Å². The van der Waals surface area contributed by atoms with E-state index in [0.717, 1.165) is 12.0 Å². The maximum absolute atomic E-state index is 12.5. The molecule has 0 unspecified atom stereocenters. The average molecular weight is 391 g/mol. The molecule has 1 rings (SSSR count). The van der Waals surface area contributed by atoms with Crippen molar-refractivity contribution < 1.29 is 19.5 Å². The van der Waals surface area contributed by atoms with E-state index in [0.29, 0.717) is 25.9 Å². The Balaban J connectivity index is 2.53. The second kappa shape index (κ2) is 13.1. The molecule has 0 spiro atoms. The third kappa shape index (κ3) is 10.8. The molecular weight excluding hydrogens is 362 g/mol. The molecule has 0 aliphatic rings. The van der Waals surface area contributed by atoms with Crippen LogP contribution in [0.2, 0.25) is 0 Å². The van der Waals surface area contributed by atoms with Crippen molar-refractivity contribution in [3.05, 3.63) is 35.9 Å². The fraction of sp³-hybridized carbons (Fsp3) is 0.474. The minimum atomic E-state index is -0.952. The van der Waals surface area contributed by atoms with Crippen LogP contribution in [0.4, 0.5) is 0 Å². The van der Waals surface area contributed by atoms with Gasteiger partial charge in [0.2, 0.25) is 11.8 Å². The van der Waals surface area contributed by atoms with Crippen LogP contribution in [0.25, 0.3) is 0 Å². The predicted octanol–water partition coefficient (Wildman–Crippen LogP) is 0.139. The van der Waals surface area contributed by atoms with Crippen LogP contribution in [0.15, 0.2) is 35.3 Å². The standard InChI is InChI=1S/C19H29N5O4/c20-19(21)23-12-5-4-11-22-18(28)15(13-14-7-2-1-3-8-14)24-16(25)9-6-10-17(26)27/h1-3,7-8,15H,4-6,9-13H2,(H,22,28)(H,24,25)(H,26,27)(H4,20,21,23)/t15-/m0/s1. The number of rotatable bonds is 13. The van der Waals surface area contributed by atoms with Crippen molar-refractivity contribution in [3.63, 3.8) is 0 Å². The number of nitrogens with zero attached hydrogens (tertiary/aromatic N) is 1. The Bertz CT molecular complexity index is 660. The van der Waals surface area contributed by atoms with Crippen molar-refractivity contribution in [2.75, 3.05) is 13.1 Å². The normalized spacial score (nSPS) is 11.3. The van der Waals surface area contributed by atoms with E-state index >= 15 is 0 Å². The third-order valence-electron chi connectivity index (χ3n) is 3.91. The number of carboxylic acids is 1. The fourth-order valence-electron chi connectivity index (χ4n) is 2.51. The zero-order chi connectivity index (χ0) is 20.8. The van der Waals surface area contributed by atoms with Crippen molar-refractivity contribution in [3.8, 4) is 0 Å². The van der Waals surface area contributed by atoms with Gasteiger partial charge in [0.1, 0.15) is 6.04 Å². The molecule has 0 fully saturated rings. The lowest BCUT2D eigenvalue weighted by Gasteiger charge is -2.19. The number of amides is 2. The highest BCUT2D eigenvalue weighted by Crippen LogP contribution is 2.05. The van der Waals surface area contributed by atoms with E-state index in [2.05, 4.69) is 15.6 Å². The number of carbonyl (C=O) groups excluding carboxylic acids is 2. The van der Waals surface area contributed by atoms with E-state index in [1.807, 2.05) is 30.3 Å². The molecule has 9 nitrogen and oxygen atoms in total. The summed E-state index contributed by atoms with van der Waals surface area (Å²) in [5, 5.41) is 14.2. The van der Waals surface area contributed by atoms with Gasteiger partial charge in [-0.05, 0) is 24.8 Å². The molecule has 0 aromatic heterocycles. The Morgan fingerprint density at radius 1 is 1.04 bits per heavy atom. The van der Waals surface area contributed by atoms with E-state index in [-0.39, 0.29) is 37.0 Å². The molecule has 28 heavy (non-hydrogen) atoms. The number of benzene rings is 1. The van der Waals surface area contributed by atoms with Gasteiger partial charge in [-0.2, -0.15) is 0 Å². The van der Waals surface area contributed by atoms with Crippen LogP contribution in [0.1, 0.15) is 37.7 Å². The van der Waals surface area contributed by atoms with Crippen LogP contribution in [-0.4, -0.2) is 48.0 Å². The average Bonchev–Trinajstić information content (AvgIpc) is 2.64. The molecule has 7 N–H and O–H groups in total. The van der Waals surface area contributed by atoms with Crippen molar-refractivity contribution in [2.24, 2.45) is 16.5 Å². The molecule has 9 heteroatoms. The number of nitrogens with one attached hydrogen (secondary N) is 2. The summed E-state index contributed by atoms with van der Waals surface area (Å²) in [5.41, 5.74) is 11.4. The highest BCUT2D eigenvalue weighted by atomic mass is 16.4. The number of aliphatic imine (C=N–C) groups is 1. The molecule has 1 aromatic carbocycles. The maximum atomic E-state index is 12.5. The molecule has 0 bridgehead atoms. The lowest BCUT2D eigenvalue weighted by molar-refractivity contribution is -0.137. The highest BCUT2D eigenvalue weighted by molar-refractivity contribution is 5.88. The molecule has 2 amide bonds. The molecule has 154 valence electrons. The van der Waals surface area contributed by atoms with E-state index in [1.54, 1.807) is 0 Å². The zero-order valence-corrected chi connectivity index (χ0v) is 15.9. The molecule has 0 saturated heterocycles. The highest BCUT2D eigenvalue weighted by Gasteiger charge is 2.20. The minimum absolute atomic E-state index is 0.0394. The first-order valence-corrected chi connectivity index (χ1v) is 9.26. The van der Waals surface area contributed by atoms with Gasteiger partial charge in [0, 0.05) is 32.4 Å². The van der Waals surface area contributed by atoms with Gasteiger partial charge >= 0.3 is 5.97 Å². The van der Waals surface area contributed by atoms with Crippen LogP contribution in [0.3, 0.4) is 0 Å². The first-order valence-electron chi connectivity index (χ1n) is 9.26. The molecule has 0 saturated carbocycles. The Morgan fingerprint density at radius 2 is 1.75 bits per heavy atom. The quantitative estimate of drug-likeness (QED) is 0.183. The SMILES string of the molecule is NC(N)=NCCCCNC(=O)[C@H](Cc1ccccc1)NC(=O)CCCC(=O)O. The van der Waals surface area contributed by atoms with E-state index in [1.165, 1.54) is 0 Å². The van der Waals surface area contributed by atoms with E-state index in [4.69, 9.17) is 16.6 Å². The van der Waals surface area contributed by atoms with Gasteiger partial charge in [-0.1, -0.05) is 30.3 Å². The number of unbranched alkanes of at least 4 members (excludes halogenated alkanes) is 1. The number of guanidine groups is 1. The predicted molar refractivity (Wildman–Crippen MR) is 106 cm³/mol. The molecule has 1 aromatic rings. The van der Waals surface area contributed by atoms with Gasteiger partial charge in [0.15, 0.2) is 5.96 Å². The lowest BCUT2D eigenvalue weighted by Crippen LogP contribution is -2.48. The molecule has 0 radical (unpaired) electrons. The van der Waals surface area contributed by atoms with Crippen molar-refractivity contribution in [2.45, 2.75) is 44.6 Å². The van der Waals surface area contributed by atoms with Gasteiger partial charge in [0.05, 0.1) is 0 Å². The van der Waals surface area contributed by atoms with Crippen molar-refractivity contribution in [1.29, 1.82) is 0 Å². The van der Waals surface area contributed by atoms with Crippen LogP contribution in [-0.2, 0) is 20.8 Å². The fourth-order valence-corrected chi connectivity index (χ4v) is 2.51. The minimum Gasteiger partial charge on any atom is -0.481 e. The number of nitrogens with two attached hydrogens (primary N) is 2. The van der Waals surface area contributed by atoms with Gasteiger partial charge < -0.3 is 27.2 Å². The van der Waals surface area contributed by atoms with Gasteiger partial charge in [-0.25, -0.2) is 0 Å². The number of carbonyl (C=O) groups is 3. The molecule has 1 atom stereocenters. The van der Waals surface area contributed by atoms with Crippen LogP contribution in [0.5, 0.6) is 0 Å². The zero-order valence-electron chi connectivity index (χ0n) is 15.9. The number of hydrogen-bond acceptors (Lipinski definition) is 4. The van der Waals surface area contributed by atoms with E-state index in [9.17, 15) is 14.4 Å². The summed E-state index contributed by atoms with van der Waals surface area (Å²) in [6.45, 7) is 0.935.